The van der Waals surface area contributed by atoms with Crippen molar-refractivity contribution >= 4 is 5.82 Å². The summed E-state index contributed by atoms with van der Waals surface area (Å²) in [5.41, 5.74) is 0.0738. The highest BCUT2D eigenvalue weighted by molar-refractivity contribution is 5.30. The Morgan fingerprint density at radius 1 is 1.60 bits per heavy atom. The third-order valence-corrected chi connectivity index (χ3v) is 4.32. The number of nitrogens with zero attached hydrogens (tertiary/aromatic N) is 4. The minimum atomic E-state index is -0.805. The molecule has 1 spiro atoms. The minimum absolute atomic E-state index is 0.142. The lowest BCUT2D eigenvalue weighted by molar-refractivity contribution is -0.390. The molecule has 7 nitrogen and oxygen atoms in total. The van der Waals surface area contributed by atoms with Crippen molar-refractivity contribution in [3.63, 3.8) is 0 Å². The summed E-state index contributed by atoms with van der Waals surface area (Å²) in [4.78, 5) is 14.0. The van der Waals surface area contributed by atoms with Crippen LogP contribution in [0.3, 0.4) is 0 Å². The topological polar surface area (TPSA) is 74.5 Å². The van der Waals surface area contributed by atoms with Crippen LogP contribution in [-0.2, 0) is 10.3 Å². The second kappa shape index (κ2) is 4.03. The van der Waals surface area contributed by atoms with Gasteiger partial charge in [0.2, 0.25) is 0 Å². The highest BCUT2D eigenvalue weighted by atomic mass is 16.6. The van der Waals surface area contributed by atoms with Gasteiger partial charge in [0.15, 0.2) is 5.69 Å². The molecule has 0 aromatic carbocycles. The largest absolute Gasteiger partial charge is 0.390 e. The van der Waals surface area contributed by atoms with E-state index in [0.717, 1.165) is 26.1 Å². The van der Waals surface area contributed by atoms with Gasteiger partial charge in [0.1, 0.15) is 0 Å². The number of ether oxygens (including phenoxy) is 1. The quantitative estimate of drug-likeness (QED) is 0.482. The highest BCUT2D eigenvalue weighted by Crippen LogP contribution is 2.53. The van der Waals surface area contributed by atoms with Crippen molar-refractivity contribution in [2.75, 3.05) is 13.2 Å². The second-order valence-electron chi connectivity index (χ2n) is 6.32. The third-order valence-electron chi connectivity index (χ3n) is 4.32. The van der Waals surface area contributed by atoms with E-state index in [4.69, 9.17) is 11.3 Å². The number of hydrogen-bond acceptors (Lipinski definition) is 4. The molecule has 106 valence electrons. The van der Waals surface area contributed by atoms with Crippen LogP contribution in [0.5, 0.6) is 0 Å². The molecule has 3 rings (SSSR count). The molecule has 1 aromatic heterocycles. The lowest BCUT2D eigenvalue weighted by atomic mass is 9.64. The van der Waals surface area contributed by atoms with E-state index in [9.17, 15) is 10.1 Å². The number of aromatic nitrogens is 2. The standard InChI is InChI=1S/C13H16N4O3/c1-12(2,14-3)10-4-11(17(18)19)15-16(10)9-5-13(6-9)7-20-8-13/h4,9H,5-8H2,1-2H3. The summed E-state index contributed by atoms with van der Waals surface area (Å²) in [7, 11) is 0. The van der Waals surface area contributed by atoms with Crippen LogP contribution in [-0.4, -0.2) is 27.9 Å². The van der Waals surface area contributed by atoms with Gasteiger partial charge in [-0.05, 0) is 17.8 Å². The summed E-state index contributed by atoms with van der Waals surface area (Å²) in [6, 6.07) is 1.57. The molecule has 2 heterocycles. The molecule has 0 amide bonds. The Labute approximate surface area is 116 Å². The van der Waals surface area contributed by atoms with Crippen molar-refractivity contribution in [3.8, 4) is 0 Å². The third kappa shape index (κ3) is 1.79. The zero-order chi connectivity index (χ0) is 14.5. The second-order valence-corrected chi connectivity index (χ2v) is 6.32. The van der Waals surface area contributed by atoms with E-state index in [-0.39, 0.29) is 17.3 Å². The first kappa shape index (κ1) is 13.1. The maximum atomic E-state index is 10.9. The minimum Gasteiger partial charge on any atom is -0.380 e. The average Bonchev–Trinajstić information content (AvgIpc) is 2.71. The van der Waals surface area contributed by atoms with Crippen molar-refractivity contribution in [1.82, 2.24) is 9.78 Å². The van der Waals surface area contributed by atoms with Gasteiger partial charge in [0, 0.05) is 19.3 Å². The van der Waals surface area contributed by atoms with Gasteiger partial charge < -0.3 is 19.7 Å². The Balaban J connectivity index is 1.93. The van der Waals surface area contributed by atoms with Crippen LogP contribution in [0.4, 0.5) is 5.82 Å². The van der Waals surface area contributed by atoms with Crippen LogP contribution >= 0.6 is 0 Å². The average molecular weight is 276 g/mol. The molecular formula is C13H16N4O3. The van der Waals surface area contributed by atoms with Crippen molar-refractivity contribution in [2.45, 2.75) is 38.3 Å². The molecule has 2 fully saturated rings. The molecule has 1 aromatic rings. The first-order valence-corrected chi connectivity index (χ1v) is 6.58. The highest BCUT2D eigenvalue weighted by Gasteiger charge is 2.53. The van der Waals surface area contributed by atoms with Gasteiger partial charge in [-0.3, -0.25) is 0 Å². The van der Waals surface area contributed by atoms with Crippen LogP contribution in [0.2, 0.25) is 0 Å². The van der Waals surface area contributed by atoms with E-state index in [1.54, 1.807) is 18.5 Å². The van der Waals surface area contributed by atoms with E-state index in [1.165, 1.54) is 6.07 Å². The number of hydrogen-bond donors (Lipinski definition) is 0. The van der Waals surface area contributed by atoms with E-state index in [1.807, 2.05) is 0 Å². The smallest absolute Gasteiger partial charge is 0.380 e. The van der Waals surface area contributed by atoms with E-state index in [2.05, 4.69) is 9.94 Å². The molecule has 1 aliphatic heterocycles. The number of nitro groups is 1. The van der Waals surface area contributed by atoms with Gasteiger partial charge in [0.25, 0.3) is 5.54 Å². The normalized spacial score (nSPS) is 21.1. The fourth-order valence-electron chi connectivity index (χ4n) is 3.00. The summed E-state index contributed by atoms with van der Waals surface area (Å²) in [6.45, 7) is 12.4. The summed E-state index contributed by atoms with van der Waals surface area (Å²) in [5, 5.41) is 15.0. The van der Waals surface area contributed by atoms with Crippen LogP contribution in [0.15, 0.2) is 6.07 Å². The van der Waals surface area contributed by atoms with Gasteiger partial charge in [-0.25, -0.2) is 6.57 Å². The zero-order valence-electron chi connectivity index (χ0n) is 11.5. The Morgan fingerprint density at radius 2 is 2.25 bits per heavy atom. The van der Waals surface area contributed by atoms with Crippen LogP contribution < -0.4 is 0 Å². The predicted octanol–water partition coefficient (Wildman–Crippen LogP) is 2.30. The van der Waals surface area contributed by atoms with Crippen molar-refractivity contribution in [1.29, 1.82) is 0 Å². The Hall–Kier alpha value is -1.94. The summed E-state index contributed by atoms with van der Waals surface area (Å²) < 4.78 is 6.93. The first-order valence-electron chi connectivity index (χ1n) is 6.58. The molecule has 0 unspecified atom stereocenters. The molecule has 0 bridgehead atoms. The first-order chi connectivity index (χ1) is 9.37. The molecule has 1 saturated heterocycles. The van der Waals surface area contributed by atoms with Gasteiger partial charge in [-0.15, -0.1) is 0 Å². The molecule has 20 heavy (non-hydrogen) atoms. The SMILES string of the molecule is [C-]#[N+]C(C)(C)c1cc([N+](=O)[O-])nn1C1CC2(COC2)C1. The Kier molecular flexibility index (Phi) is 2.63. The Morgan fingerprint density at radius 3 is 2.70 bits per heavy atom. The molecule has 0 radical (unpaired) electrons. The predicted molar refractivity (Wildman–Crippen MR) is 70.0 cm³/mol. The maximum absolute atomic E-state index is 10.9. The monoisotopic (exact) mass is 276 g/mol. The summed E-state index contributed by atoms with van der Waals surface area (Å²) in [6.07, 6.45) is 1.85. The zero-order valence-corrected chi connectivity index (χ0v) is 11.5. The van der Waals surface area contributed by atoms with Crippen molar-refractivity contribution < 1.29 is 9.66 Å². The van der Waals surface area contributed by atoms with Crippen LogP contribution in [0, 0.1) is 22.1 Å². The molecule has 2 aliphatic rings. The van der Waals surface area contributed by atoms with Crippen LogP contribution in [0.25, 0.3) is 4.85 Å². The van der Waals surface area contributed by atoms with Crippen LogP contribution in [0.1, 0.15) is 38.4 Å². The summed E-state index contributed by atoms with van der Waals surface area (Å²) in [5.74, 6) is -0.178. The van der Waals surface area contributed by atoms with Gasteiger partial charge in [-0.2, -0.15) is 4.68 Å². The van der Waals surface area contributed by atoms with Crippen molar-refractivity contribution in [2.24, 2.45) is 5.41 Å². The Bertz CT molecular complexity index is 602. The maximum Gasteiger partial charge on any atom is 0.390 e. The molecular weight excluding hydrogens is 260 g/mol. The molecule has 0 atom stereocenters. The number of rotatable bonds is 3. The molecule has 1 saturated carbocycles. The van der Waals surface area contributed by atoms with E-state index >= 15 is 0 Å². The summed E-state index contributed by atoms with van der Waals surface area (Å²) >= 11 is 0. The molecule has 7 heteroatoms. The van der Waals surface area contributed by atoms with Gasteiger partial charge in [0.05, 0.1) is 30.4 Å². The van der Waals surface area contributed by atoms with Gasteiger partial charge in [-0.1, -0.05) is 0 Å². The lowest BCUT2D eigenvalue weighted by Gasteiger charge is -2.52. The molecule has 1 aliphatic carbocycles. The van der Waals surface area contributed by atoms with E-state index < -0.39 is 10.5 Å². The fourth-order valence-corrected chi connectivity index (χ4v) is 3.00. The lowest BCUT2D eigenvalue weighted by Crippen LogP contribution is -2.53. The fraction of sp³-hybridized carbons (Fsp3) is 0.692. The van der Waals surface area contributed by atoms with Gasteiger partial charge >= 0.3 is 5.82 Å². The molecule has 0 N–H and O–H groups in total. The van der Waals surface area contributed by atoms with E-state index in [0.29, 0.717) is 5.69 Å². The van der Waals surface area contributed by atoms with Crippen molar-refractivity contribution in [3.05, 3.63) is 33.3 Å².